The van der Waals surface area contributed by atoms with Crippen LogP contribution in [-0.2, 0) is 4.79 Å². The van der Waals surface area contributed by atoms with Crippen molar-refractivity contribution in [3.8, 4) is 5.75 Å². The third-order valence-electron chi connectivity index (χ3n) is 1.87. The van der Waals surface area contributed by atoms with Crippen molar-refractivity contribution < 1.29 is 9.90 Å². The Morgan fingerprint density at radius 1 is 1.41 bits per heavy atom. The SMILES string of the molecule is Cl.O=C1CSC(=NN=Cc2ccccc2O)N1. The van der Waals surface area contributed by atoms with Gasteiger partial charge in [-0.3, -0.25) is 4.79 Å². The second-order valence-electron chi connectivity index (χ2n) is 3.05. The summed E-state index contributed by atoms with van der Waals surface area (Å²) in [6.45, 7) is 0. The number of carbonyl (C=O) groups excluding carboxylic acids is 1. The Bertz CT molecular complexity index is 476. The zero-order chi connectivity index (χ0) is 11.4. The molecule has 1 aromatic rings. The number of carbonyl (C=O) groups is 1. The molecule has 5 nitrogen and oxygen atoms in total. The van der Waals surface area contributed by atoms with E-state index in [0.29, 0.717) is 16.5 Å². The van der Waals surface area contributed by atoms with Gasteiger partial charge < -0.3 is 10.4 Å². The lowest BCUT2D eigenvalue weighted by molar-refractivity contribution is -0.116. The van der Waals surface area contributed by atoms with Crippen LogP contribution in [0.5, 0.6) is 5.75 Å². The average Bonchev–Trinajstić information content (AvgIpc) is 2.67. The number of halogens is 1. The first-order chi connectivity index (χ1) is 7.75. The van der Waals surface area contributed by atoms with Crippen LogP contribution in [0, 0.1) is 0 Å². The van der Waals surface area contributed by atoms with E-state index in [0.717, 1.165) is 0 Å². The zero-order valence-electron chi connectivity index (χ0n) is 8.66. The Morgan fingerprint density at radius 2 is 2.18 bits per heavy atom. The van der Waals surface area contributed by atoms with Gasteiger partial charge in [-0.2, -0.15) is 5.10 Å². The summed E-state index contributed by atoms with van der Waals surface area (Å²) in [4.78, 5) is 10.8. The molecule has 2 N–H and O–H groups in total. The summed E-state index contributed by atoms with van der Waals surface area (Å²) in [6, 6.07) is 6.81. The van der Waals surface area contributed by atoms with Gasteiger partial charge in [0.2, 0.25) is 5.91 Å². The van der Waals surface area contributed by atoms with E-state index in [1.165, 1.54) is 18.0 Å². The number of aromatic hydroxyl groups is 1. The maximum atomic E-state index is 10.8. The number of hydrogen-bond acceptors (Lipinski definition) is 5. The minimum atomic E-state index is -0.0680. The van der Waals surface area contributed by atoms with Crippen LogP contribution in [0.4, 0.5) is 0 Å². The molecule has 1 heterocycles. The summed E-state index contributed by atoms with van der Waals surface area (Å²) in [5.41, 5.74) is 0.584. The fourth-order valence-corrected chi connectivity index (χ4v) is 1.75. The fraction of sp³-hybridized carbons (Fsp3) is 0.100. The lowest BCUT2D eigenvalue weighted by Gasteiger charge is -1.95. The number of nitrogens with zero attached hydrogens (tertiary/aromatic N) is 2. The van der Waals surface area contributed by atoms with Gasteiger partial charge in [0.15, 0.2) is 5.17 Å². The van der Waals surface area contributed by atoms with Crippen molar-refractivity contribution in [1.82, 2.24) is 5.32 Å². The number of rotatable bonds is 2. The largest absolute Gasteiger partial charge is 0.507 e. The normalized spacial score (nSPS) is 17.2. The Hall–Kier alpha value is -1.53. The van der Waals surface area contributed by atoms with E-state index < -0.39 is 0 Å². The first-order valence-electron chi connectivity index (χ1n) is 4.57. The van der Waals surface area contributed by atoms with Gasteiger partial charge in [0, 0.05) is 5.56 Å². The molecule has 0 radical (unpaired) electrons. The summed E-state index contributed by atoms with van der Waals surface area (Å²) in [5.74, 6) is 0.460. The molecule has 0 bridgehead atoms. The van der Waals surface area contributed by atoms with Gasteiger partial charge in [0.05, 0.1) is 12.0 Å². The Kier molecular flexibility index (Phi) is 4.99. The van der Waals surface area contributed by atoms with E-state index in [1.54, 1.807) is 24.3 Å². The molecule has 1 aliphatic heterocycles. The van der Waals surface area contributed by atoms with Crippen molar-refractivity contribution >= 4 is 41.5 Å². The molecule has 1 fully saturated rings. The molecule has 1 aliphatic rings. The second kappa shape index (κ2) is 6.27. The third kappa shape index (κ3) is 3.76. The van der Waals surface area contributed by atoms with Gasteiger partial charge >= 0.3 is 0 Å². The van der Waals surface area contributed by atoms with Crippen molar-refractivity contribution in [3.05, 3.63) is 29.8 Å². The predicted molar refractivity (Wildman–Crippen MR) is 71.0 cm³/mol. The number of thioether (sulfide) groups is 1. The summed E-state index contributed by atoms with van der Waals surface area (Å²) >= 11 is 1.30. The molecule has 1 aromatic carbocycles. The Labute approximate surface area is 108 Å². The third-order valence-corrected chi connectivity index (χ3v) is 2.73. The summed E-state index contributed by atoms with van der Waals surface area (Å²) in [6.07, 6.45) is 1.44. The minimum absolute atomic E-state index is 0. The number of phenols is 1. The first kappa shape index (κ1) is 13.5. The number of phenolic OH excluding ortho intramolecular Hbond substituents is 1. The lowest BCUT2D eigenvalue weighted by atomic mass is 10.2. The lowest BCUT2D eigenvalue weighted by Crippen LogP contribution is -2.19. The van der Waals surface area contributed by atoms with E-state index >= 15 is 0 Å². The van der Waals surface area contributed by atoms with Crippen molar-refractivity contribution in [1.29, 1.82) is 0 Å². The van der Waals surface area contributed by atoms with Crippen LogP contribution in [0.1, 0.15) is 5.56 Å². The Balaban J connectivity index is 0.00000144. The fourth-order valence-electron chi connectivity index (χ4n) is 1.12. The highest BCUT2D eigenvalue weighted by Gasteiger charge is 2.15. The molecule has 1 saturated heterocycles. The first-order valence-corrected chi connectivity index (χ1v) is 5.56. The van der Waals surface area contributed by atoms with Crippen LogP contribution in [0.25, 0.3) is 0 Å². The molecule has 0 aromatic heterocycles. The van der Waals surface area contributed by atoms with Crippen molar-refractivity contribution in [2.45, 2.75) is 0 Å². The highest BCUT2D eigenvalue weighted by atomic mass is 35.5. The maximum absolute atomic E-state index is 10.8. The van der Waals surface area contributed by atoms with Gasteiger partial charge in [-0.25, -0.2) is 0 Å². The smallest absolute Gasteiger partial charge is 0.236 e. The standard InChI is InChI=1S/C10H9N3O2S.ClH/c14-8-4-2-1-3-7(8)5-11-13-10-12-9(15)6-16-10;/h1-5,14H,6H2,(H,12,13,15);1H. The average molecular weight is 272 g/mol. The van der Waals surface area contributed by atoms with Gasteiger partial charge in [0.25, 0.3) is 0 Å². The quantitative estimate of drug-likeness (QED) is 0.630. The summed E-state index contributed by atoms with van der Waals surface area (Å²) in [7, 11) is 0. The highest BCUT2D eigenvalue weighted by Crippen LogP contribution is 2.13. The summed E-state index contributed by atoms with van der Waals surface area (Å²) in [5, 5.41) is 20.1. The molecular weight excluding hydrogens is 262 g/mol. The van der Waals surface area contributed by atoms with E-state index in [1.807, 2.05) is 0 Å². The Morgan fingerprint density at radius 3 is 2.82 bits per heavy atom. The molecule has 0 spiro atoms. The molecule has 2 rings (SSSR count). The number of amidine groups is 1. The predicted octanol–water partition coefficient (Wildman–Crippen LogP) is 1.37. The van der Waals surface area contributed by atoms with Crippen LogP contribution in [0.3, 0.4) is 0 Å². The number of amides is 1. The van der Waals surface area contributed by atoms with Gasteiger partial charge in [-0.05, 0) is 12.1 Å². The number of para-hydroxylation sites is 1. The van der Waals surface area contributed by atoms with E-state index in [-0.39, 0.29) is 24.1 Å². The topological polar surface area (TPSA) is 74.0 Å². The van der Waals surface area contributed by atoms with Crippen LogP contribution < -0.4 is 5.32 Å². The molecule has 0 aliphatic carbocycles. The monoisotopic (exact) mass is 271 g/mol. The van der Waals surface area contributed by atoms with E-state index in [2.05, 4.69) is 15.5 Å². The van der Waals surface area contributed by atoms with Gasteiger partial charge in [-0.15, -0.1) is 17.5 Å². The van der Waals surface area contributed by atoms with Gasteiger partial charge in [-0.1, -0.05) is 23.9 Å². The molecule has 17 heavy (non-hydrogen) atoms. The van der Waals surface area contributed by atoms with Crippen molar-refractivity contribution in [2.24, 2.45) is 10.2 Å². The van der Waals surface area contributed by atoms with Crippen LogP contribution in [0.15, 0.2) is 34.5 Å². The number of benzene rings is 1. The van der Waals surface area contributed by atoms with E-state index in [9.17, 15) is 9.90 Å². The van der Waals surface area contributed by atoms with Crippen molar-refractivity contribution in [3.63, 3.8) is 0 Å². The van der Waals surface area contributed by atoms with Crippen LogP contribution in [-0.4, -0.2) is 28.1 Å². The molecule has 7 heteroatoms. The van der Waals surface area contributed by atoms with Crippen LogP contribution >= 0.6 is 24.2 Å². The highest BCUT2D eigenvalue weighted by molar-refractivity contribution is 8.15. The number of nitrogens with one attached hydrogen (secondary N) is 1. The number of hydrogen-bond donors (Lipinski definition) is 2. The molecule has 0 saturated carbocycles. The molecule has 90 valence electrons. The molecular formula is C10H10ClN3O2S. The maximum Gasteiger partial charge on any atom is 0.236 e. The second-order valence-corrected chi connectivity index (χ2v) is 4.01. The van der Waals surface area contributed by atoms with E-state index in [4.69, 9.17) is 0 Å². The van der Waals surface area contributed by atoms with Crippen LogP contribution in [0.2, 0.25) is 0 Å². The van der Waals surface area contributed by atoms with Crippen molar-refractivity contribution in [2.75, 3.05) is 5.75 Å². The molecule has 1 amide bonds. The summed E-state index contributed by atoms with van der Waals surface area (Å²) < 4.78 is 0. The zero-order valence-corrected chi connectivity index (χ0v) is 10.3. The van der Waals surface area contributed by atoms with Gasteiger partial charge in [0.1, 0.15) is 5.75 Å². The molecule has 0 unspecified atom stereocenters. The minimum Gasteiger partial charge on any atom is -0.507 e. The molecule has 0 atom stereocenters.